The summed E-state index contributed by atoms with van der Waals surface area (Å²) in [6, 6.07) is 9.74. The fourth-order valence-electron chi connectivity index (χ4n) is 2.43. The molecule has 11 nitrogen and oxygen atoms in total. The molecule has 0 spiro atoms. The second-order valence-electron chi connectivity index (χ2n) is 5.86. The highest BCUT2D eigenvalue weighted by atomic mass is 32.2. The van der Waals surface area contributed by atoms with Crippen molar-refractivity contribution >= 4 is 29.3 Å². The summed E-state index contributed by atoms with van der Waals surface area (Å²) in [5.41, 5.74) is 1.37. The minimum Gasteiger partial charge on any atom is -0.481 e. The molecule has 0 fully saturated rings. The van der Waals surface area contributed by atoms with Crippen LogP contribution in [0, 0.1) is 4.91 Å². The van der Waals surface area contributed by atoms with Crippen molar-refractivity contribution in [2.45, 2.75) is 11.7 Å². The van der Waals surface area contributed by atoms with Crippen LogP contribution in [0.2, 0.25) is 0 Å². The third kappa shape index (κ3) is 5.38. The van der Waals surface area contributed by atoms with Crippen LogP contribution in [0.15, 0.2) is 47.8 Å². The fraction of sp³-hybridized carbons (Fsp3) is 0.167. The molecule has 1 amide bonds. The molecule has 0 aliphatic carbocycles. The molecule has 12 heteroatoms. The van der Waals surface area contributed by atoms with E-state index in [4.69, 9.17) is 5.11 Å². The Bertz CT molecular complexity index is 1070. The largest absolute Gasteiger partial charge is 0.481 e. The minimum absolute atomic E-state index is 0.0779. The van der Waals surface area contributed by atoms with Gasteiger partial charge in [-0.15, -0.1) is 5.10 Å². The lowest BCUT2D eigenvalue weighted by Crippen LogP contribution is -2.23. The Morgan fingerprint density at radius 3 is 2.83 bits per heavy atom. The third-order valence-electron chi connectivity index (χ3n) is 3.78. The van der Waals surface area contributed by atoms with Gasteiger partial charge >= 0.3 is 11.7 Å². The first-order valence-corrected chi connectivity index (χ1v) is 9.56. The number of hydrogen-bond donors (Lipinski definition) is 3. The molecule has 3 N–H and O–H groups in total. The molecule has 30 heavy (non-hydrogen) atoms. The van der Waals surface area contributed by atoms with Crippen LogP contribution in [0.3, 0.4) is 0 Å². The van der Waals surface area contributed by atoms with Crippen molar-refractivity contribution in [3.63, 3.8) is 0 Å². The zero-order chi connectivity index (χ0) is 21.5. The number of thioether (sulfide) groups is 1. The molecule has 0 saturated carbocycles. The van der Waals surface area contributed by atoms with Gasteiger partial charge in [0.25, 0.3) is 10.8 Å². The molecular weight excluding hydrogens is 412 g/mol. The van der Waals surface area contributed by atoms with Crippen molar-refractivity contribution in [2.75, 3.05) is 12.9 Å². The fourth-order valence-corrected chi connectivity index (χ4v) is 2.95. The van der Waals surface area contributed by atoms with Gasteiger partial charge in [0.15, 0.2) is 12.9 Å². The number of amides is 1. The maximum atomic E-state index is 12.6. The highest BCUT2D eigenvalue weighted by Gasteiger charge is 2.21. The lowest BCUT2D eigenvalue weighted by atomic mass is 10.1. The topological polar surface area (TPSA) is 150 Å². The summed E-state index contributed by atoms with van der Waals surface area (Å²) in [6.45, 7) is 0.211. The van der Waals surface area contributed by atoms with Crippen LogP contribution in [0.1, 0.15) is 16.1 Å². The molecular formula is C18H17N6O5S+. The first-order chi connectivity index (χ1) is 14.5. The van der Waals surface area contributed by atoms with Gasteiger partial charge in [0.05, 0.1) is 22.9 Å². The predicted molar refractivity (Wildman–Crippen MR) is 106 cm³/mol. The molecule has 154 valence electrons. The Balaban J connectivity index is 1.85. The molecule has 0 saturated heterocycles. The average molecular weight is 429 g/mol. The standard InChI is InChI=1S/C18H16N6O5S/c1-29-24(28)14-7-11(16-21-18(23-22-16)30-10-15(25)26)6-12(8-14)17(27)20-9-13-4-2-3-5-19-13/h2-8H,9-10H2,1H3,(H2-,20,21,22,23,25,26,27)/p+1. The third-order valence-corrected chi connectivity index (χ3v) is 4.61. The number of aliphatic carboxylic acids is 1. The number of carboxylic acids is 1. The van der Waals surface area contributed by atoms with Gasteiger partial charge in [-0.25, -0.2) is 9.82 Å². The molecule has 0 atom stereocenters. The number of aromatic amines is 1. The lowest BCUT2D eigenvalue weighted by molar-refractivity contribution is -0.736. The molecule has 0 bridgehead atoms. The van der Waals surface area contributed by atoms with Crippen molar-refractivity contribution in [3.8, 4) is 11.4 Å². The molecule has 2 heterocycles. The Kier molecular flexibility index (Phi) is 6.70. The smallest absolute Gasteiger partial charge is 0.318 e. The number of nitrogens with one attached hydrogen (secondary N) is 2. The molecule has 1 aromatic carbocycles. The first-order valence-electron chi connectivity index (χ1n) is 8.58. The summed E-state index contributed by atoms with van der Waals surface area (Å²) in [6.07, 6.45) is 1.62. The second kappa shape index (κ2) is 9.60. The van der Waals surface area contributed by atoms with Gasteiger partial charge in [-0.1, -0.05) is 17.8 Å². The summed E-state index contributed by atoms with van der Waals surface area (Å²) in [5, 5.41) is 18.3. The van der Waals surface area contributed by atoms with Crippen molar-refractivity contribution in [1.82, 2.24) is 25.5 Å². The van der Waals surface area contributed by atoms with E-state index >= 15 is 0 Å². The Hall–Kier alpha value is -3.80. The van der Waals surface area contributed by atoms with Gasteiger partial charge in [0.2, 0.25) is 5.16 Å². The van der Waals surface area contributed by atoms with E-state index in [0.29, 0.717) is 11.3 Å². The number of pyridine rings is 1. The highest BCUT2D eigenvalue weighted by molar-refractivity contribution is 7.99. The molecule has 0 aliphatic heterocycles. The molecule has 0 unspecified atom stereocenters. The van der Waals surface area contributed by atoms with E-state index in [2.05, 4.69) is 30.3 Å². The van der Waals surface area contributed by atoms with Crippen molar-refractivity contribution in [1.29, 1.82) is 0 Å². The van der Waals surface area contributed by atoms with E-state index in [9.17, 15) is 14.5 Å². The molecule has 3 rings (SSSR count). The average Bonchev–Trinajstić information content (AvgIpc) is 3.25. The van der Waals surface area contributed by atoms with E-state index in [1.54, 1.807) is 18.3 Å². The van der Waals surface area contributed by atoms with E-state index in [0.717, 1.165) is 11.8 Å². The van der Waals surface area contributed by atoms with Crippen LogP contribution in [0.5, 0.6) is 0 Å². The minimum atomic E-state index is -0.998. The quantitative estimate of drug-likeness (QED) is 0.342. The Labute approximate surface area is 174 Å². The Morgan fingerprint density at radius 1 is 1.30 bits per heavy atom. The summed E-state index contributed by atoms with van der Waals surface area (Å²) in [7, 11) is 1.20. The normalized spacial score (nSPS) is 10.4. The first kappa shape index (κ1) is 20.9. The van der Waals surface area contributed by atoms with Crippen molar-refractivity contribution in [2.24, 2.45) is 0 Å². The number of hydrogen-bond acceptors (Lipinski definition) is 8. The summed E-state index contributed by atoms with van der Waals surface area (Å²) < 4.78 is 0. The van der Waals surface area contributed by atoms with Crippen LogP contribution >= 0.6 is 11.8 Å². The number of benzene rings is 1. The molecule has 3 aromatic rings. The van der Waals surface area contributed by atoms with E-state index in [1.807, 2.05) is 6.07 Å². The van der Waals surface area contributed by atoms with Crippen LogP contribution in [0.4, 0.5) is 5.69 Å². The van der Waals surface area contributed by atoms with Gasteiger partial charge < -0.3 is 10.4 Å². The Morgan fingerprint density at radius 2 is 2.13 bits per heavy atom. The number of carboxylic acid groups (broad SMARTS) is 1. The number of carbonyl (C=O) groups excluding carboxylic acids is 1. The van der Waals surface area contributed by atoms with Gasteiger partial charge in [-0.3, -0.25) is 19.7 Å². The molecule has 2 aromatic heterocycles. The van der Waals surface area contributed by atoms with Gasteiger partial charge in [-0.05, 0) is 18.2 Å². The van der Waals surface area contributed by atoms with E-state index in [1.165, 1.54) is 25.3 Å². The molecule has 0 radical (unpaired) electrons. The van der Waals surface area contributed by atoms with Crippen molar-refractivity contribution in [3.05, 3.63) is 58.8 Å². The van der Waals surface area contributed by atoms with Crippen molar-refractivity contribution < 1.29 is 24.5 Å². The number of rotatable bonds is 9. The highest BCUT2D eigenvalue weighted by Crippen LogP contribution is 2.25. The zero-order valence-corrected chi connectivity index (χ0v) is 16.5. The van der Waals surface area contributed by atoms with Crippen LogP contribution in [-0.4, -0.2) is 54.9 Å². The van der Waals surface area contributed by atoms with Crippen LogP contribution < -0.4 is 5.32 Å². The number of carbonyl (C=O) groups is 2. The second-order valence-corrected chi connectivity index (χ2v) is 6.80. The number of H-pyrrole nitrogens is 1. The van der Waals surface area contributed by atoms with Gasteiger partial charge in [-0.2, -0.15) is 0 Å². The lowest BCUT2D eigenvalue weighted by Gasteiger charge is -2.06. The zero-order valence-electron chi connectivity index (χ0n) is 15.7. The van der Waals surface area contributed by atoms with E-state index < -0.39 is 11.9 Å². The SMILES string of the molecule is CO[N+](=O)c1cc(C(=O)NCc2ccccn2)cc(-c2nc(SCC(=O)O)n[nH]2)c1. The van der Waals surface area contributed by atoms with Crippen LogP contribution in [0.25, 0.3) is 11.4 Å². The number of aromatic nitrogens is 4. The van der Waals surface area contributed by atoms with E-state index in [-0.39, 0.29) is 39.5 Å². The van der Waals surface area contributed by atoms with Gasteiger partial charge in [0.1, 0.15) is 0 Å². The monoisotopic (exact) mass is 429 g/mol. The molecule has 0 aliphatic rings. The maximum Gasteiger partial charge on any atom is 0.318 e. The maximum absolute atomic E-state index is 12.6. The number of nitrogens with zero attached hydrogens (tertiary/aromatic N) is 4. The summed E-state index contributed by atoms with van der Waals surface area (Å²) in [4.78, 5) is 48.6. The van der Waals surface area contributed by atoms with Gasteiger partial charge in [0, 0.05) is 29.5 Å². The predicted octanol–water partition coefficient (Wildman–Crippen LogP) is 1.95. The van der Waals surface area contributed by atoms with Crippen LogP contribution in [-0.2, 0) is 16.2 Å². The summed E-state index contributed by atoms with van der Waals surface area (Å²) in [5.74, 6) is -1.35. The summed E-state index contributed by atoms with van der Waals surface area (Å²) >= 11 is 0.939.